The maximum atomic E-state index is 9.03. The SMILES string of the molecule is N#Cc1c(OCCO)ccc(OCCO)c1C#N. The largest absolute Gasteiger partial charge is 0.490 e. The zero-order chi connectivity index (χ0) is 13.4. The molecule has 0 amide bonds. The quantitative estimate of drug-likeness (QED) is 0.743. The Bertz CT molecular complexity index is 443. The number of hydrogen-bond donors (Lipinski definition) is 2. The molecule has 0 saturated carbocycles. The fraction of sp³-hybridized carbons (Fsp3) is 0.333. The van der Waals surface area contributed by atoms with E-state index in [-0.39, 0.29) is 49.1 Å². The van der Waals surface area contributed by atoms with Crippen LogP contribution in [0.3, 0.4) is 0 Å². The first-order valence-corrected chi connectivity index (χ1v) is 5.23. The molecular weight excluding hydrogens is 236 g/mol. The predicted octanol–water partition coefficient (Wildman–Crippen LogP) is 0.172. The standard InChI is InChI=1S/C12H12N2O4/c13-7-9-10(8-14)12(18-6-4-16)2-1-11(9)17-5-3-15/h1-2,15-16H,3-6H2. The van der Waals surface area contributed by atoms with E-state index >= 15 is 0 Å². The zero-order valence-electron chi connectivity index (χ0n) is 9.59. The van der Waals surface area contributed by atoms with Gasteiger partial charge in [-0.1, -0.05) is 0 Å². The van der Waals surface area contributed by atoms with Crippen LogP contribution in [0.2, 0.25) is 0 Å². The van der Waals surface area contributed by atoms with Crippen molar-refractivity contribution in [1.82, 2.24) is 0 Å². The fourth-order valence-corrected chi connectivity index (χ4v) is 1.34. The summed E-state index contributed by atoms with van der Waals surface area (Å²) in [5.74, 6) is 0.443. The van der Waals surface area contributed by atoms with Crippen molar-refractivity contribution < 1.29 is 19.7 Å². The van der Waals surface area contributed by atoms with Gasteiger partial charge in [0.2, 0.25) is 0 Å². The Morgan fingerprint density at radius 1 is 0.889 bits per heavy atom. The van der Waals surface area contributed by atoms with Crippen molar-refractivity contribution in [3.8, 4) is 23.6 Å². The van der Waals surface area contributed by atoms with Gasteiger partial charge in [0.15, 0.2) is 0 Å². The van der Waals surface area contributed by atoms with Gasteiger partial charge in [0.05, 0.1) is 13.2 Å². The summed E-state index contributed by atoms with van der Waals surface area (Å²) in [6.45, 7) is -0.294. The van der Waals surface area contributed by atoms with Crippen LogP contribution in [0.5, 0.6) is 11.5 Å². The Kier molecular flexibility index (Phi) is 5.46. The Morgan fingerprint density at radius 2 is 1.28 bits per heavy atom. The lowest BCUT2D eigenvalue weighted by Gasteiger charge is -2.11. The van der Waals surface area contributed by atoms with Crippen molar-refractivity contribution in [2.75, 3.05) is 26.4 Å². The average molecular weight is 248 g/mol. The van der Waals surface area contributed by atoms with E-state index in [9.17, 15) is 0 Å². The van der Waals surface area contributed by atoms with Crippen LogP contribution in [0, 0.1) is 22.7 Å². The minimum Gasteiger partial charge on any atom is -0.490 e. The maximum Gasteiger partial charge on any atom is 0.138 e. The van der Waals surface area contributed by atoms with Crippen LogP contribution >= 0.6 is 0 Å². The third kappa shape index (κ3) is 3.11. The molecule has 0 aromatic heterocycles. The summed E-state index contributed by atoms with van der Waals surface area (Å²) in [6.07, 6.45) is 0. The number of aliphatic hydroxyl groups is 2. The monoisotopic (exact) mass is 248 g/mol. The van der Waals surface area contributed by atoms with Gasteiger partial charge in [-0.25, -0.2) is 0 Å². The summed E-state index contributed by atoms with van der Waals surface area (Å²) in [4.78, 5) is 0. The molecule has 0 spiro atoms. The lowest BCUT2D eigenvalue weighted by Crippen LogP contribution is -2.07. The highest BCUT2D eigenvalue weighted by atomic mass is 16.5. The Hall–Kier alpha value is -2.28. The number of hydrogen-bond acceptors (Lipinski definition) is 6. The minimum atomic E-state index is -0.185. The van der Waals surface area contributed by atoms with Crippen LogP contribution < -0.4 is 9.47 Å². The Morgan fingerprint density at radius 3 is 1.56 bits per heavy atom. The molecule has 0 aliphatic rings. The summed E-state index contributed by atoms with van der Waals surface area (Å²) in [7, 11) is 0. The number of ether oxygens (including phenoxy) is 2. The Labute approximate surface area is 104 Å². The van der Waals surface area contributed by atoms with Crippen LogP contribution in [0.25, 0.3) is 0 Å². The van der Waals surface area contributed by atoms with Gasteiger partial charge in [0.25, 0.3) is 0 Å². The lowest BCUT2D eigenvalue weighted by atomic mass is 10.1. The fourth-order valence-electron chi connectivity index (χ4n) is 1.34. The molecule has 0 radical (unpaired) electrons. The molecule has 0 bridgehead atoms. The number of rotatable bonds is 6. The van der Waals surface area contributed by atoms with Crippen molar-refractivity contribution in [3.63, 3.8) is 0 Å². The van der Waals surface area contributed by atoms with Crippen molar-refractivity contribution in [3.05, 3.63) is 23.3 Å². The molecule has 0 unspecified atom stereocenters. The van der Waals surface area contributed by atoms with Crippen LogP contribution in [-0.4, -0.2) is 36.6 Å². The molecule has 0 aliphatic carbocycles. The van der Waals surface area contributed by atoms with Gasteiger partial charge < -0.3 is 19.7 Å². The molecule has 18 heavy (non-hydrogen) atoms. The number of nitriles is 2. The van der Waals surface area contributed by atoms with Crippen molar-refractivity contribution in [1.29, 1.82) is 10.5 Å². The number of benzene rings is 1. The van der Waals surface area contributed by atoms with Gasteiger partial charge in [0.1, 0.15) is 48.0 Å². The summed E-state index contributed by atoms with van der Waals surface area (Å²) in [5, 5.41) is 35.4. The van der Waals surface area contributed by atoms with Crippen LogP contribution in [0.4, 0.5) is 0 Å². The number of nitrogens with zero attached hydrogens (tertiary/aromatic N) is 2. The highest BCUT2D eigenvalue weighted by Crippen LogP contribution is 2.29. The minimum absolute atomic E-state index is 0.0381. The lowest BCUT2D eigenvalue weighted by molar-refractivity contribution is 0.197. The van der Waals surface area contributed by atoms with E-state index in [0.29, 0.717) is 0 Å². The van der Waals surface area contributed by atoms with Crippen molar-refractivity contribution >= 4 is 0 Å². The van der Waals surface area contributed by atoms with E-state index in [1.165, 1.54) is 12.1 Å². The van der Waals surface area contributed by atoms with Crippen LogP contribution in [-0.2, 0) is 0 Å². The van der Waals surface area contributed by atoms with E-state index < -0.39 is 0 Å². The first-order chi connectivity index (χ1) is 8.78. The van der Waals surface area contributed by atoms with E-state index in [4.69, 9.17) is 30.2 Å². The molecule has 0 saturated heterocycles. The van der Waals surface area contributed by atoms with Gasteiger partial charge >= 0.3 is 0 Å². The summed E-state index contributed by atoms with van der Waals surface area (Å²) in [6, 6.07) is 6.71. The topological polar surface area (TPSA) is 106 Å². The molecule has 2 N–H and O–H groups in total. The zero-order valence-corrected chi connectivity index (χ0v) is 9.59. The van der Waals surface area contributed by atoms with Crippen molar-refractivity contribution in [2.24, 2.45) is 0 Å². The molecule has 6 nitrogen and oxygen atoms in total. The summed E-state index contributed by atoms with van der Waals surface area (Å²) < 4.78 is 10.3. The van der Waals surface area contributed by atoms with Gasteiger partial charge in [-0.3, -0.25) is 0 Å². The third-order valence-electron chi connectivity index (χ3n) is 2.05. The second-order valence-corrected chi connectivity index (χ2v) is 3.18. The molecule has 1 aromatic rings. The van der Waals surface area contributed by atoms with Gasteiger partial charge in [-0.15, -0.1) is 0 Å². The Balaban J connectivity index is 3.12. The molecular formula is C12H12N2O4. The average Bonchev–Trinajstić information content (AvgIpc) is 2.42. The highest BCUT2D eigenvalue weighted by Gasteiger charge is 2.15. The normalized spacial score (nSPS) is 9.33. The maximum absolute atomic E-state index is 9.03. The summed E-state index contributed by atoms with van der Waals surface area (Å²) >= 11 is 0. The molecule has 0 fully saturated rings. The highest BCUT2D eigenvalue weighted by molar-refractivity contribution is 5.60. The predicted molar refractivity (Wildman–Crippen MR) is 61.0 cm³/mol. The second kappa shape index (κ2) is 7.13. The van der Waals surface area contributed by atoms with E-state index in [0.717, 1.165) is 0 Å². The number of aliphatic hydroxyl groups excluding tert-OH is 2. The van der Waals surface area contributed by atoms with Gasteiger partial charge in [-0.2, -0.15) is 10.5 Å². The second-order valence-electron chi connectivity index (χ2n) is 3.18. The molecule has 0 heterocycles. The first kappa shape index (κ1) is 13.8. The molecule has 1 aromatic carbocycles. The molecule has 6 heteroatoms. The third-order valence-corrected chi connectivity index (χ3v) is 2.05. The van der Waals surface area contributed by atoms with Crippen LogP contribution in [0.15, 0.2) is 12.1 Å². The van der Waals surface area contributed by atoms with Crippen LogP contribution in [0.1, 0.15) is 11.1 Å². The first-order valence-electron chi connectivity index (χ1n) is 5.23. The van der Waals surface area contributed by atoms with Gasteiger partial charge in [0, 0.05) is 0 Å². The molecule has 94 valence electrons. The molecule has 1 rings (SSSR count). The van der Waals surface area contributed by atoms with Gasteiger partial charge in [-0.05, 0) is 12.1 Å². The molecule has 0 atom stereocenters. The van der Waals surface area contributed by atoms with E-state index in [1.807, 2.05) is 12.1 Å². The smallest absolute Gasteiger partial charge is 0.138 e. The van der Waals surface area contributed by atoms with E-state index in [1.54, 1.807) is 0 Å². The van der Waals surface area contributed by atoms with E-state index in [2.05, 4.69) is 0 Å². The molecule has 0 aliphatic heterocycles. The van der Waals surface area contributed by atoms with Crippen molar-refractivity contribution in [2.45, 2.75) is 0 Å². The summed E-state index contributed by atoms with van der Waals surface area (Å²) in [5.41, 5.74) is 0.114.